The first kappa shape index (κ1) is 16.5. The minimum atomic E-state index is -0.291. The predicted octanol–water partition coefficient (Wildman–Crippen LogP) is 0.669. The van der Waals surface area contributed by atoms with Crippen molar-refractivity contribution in [1.29, 1.82) is 0 Å². The van der Waals surface area contributed by atoms with Gasteiger partial charge in [-0.3, -0.25) is 10.1 Å². The SMILES string of the molecule is CCn1nnc(NC(=O)c2ccc3c(c2)nc(N2CCOCC2)n3C)n1. The van der Waals surface area contributed by atoms with Crippen molar-refractivity contribution < 1.29 is 9.53 Å². The van der Waals surface area contributed by atoms with Crippen molar-refractivity contribution in [3.05, 3.63) is 23.8 Å². The molecule has 1 aliphatic heterocycles. The van der Waals surface area contributed by atoms with Crippen LogP contribution in [0.3, 0.4) is 0 Å². The van der Waals surface area contributed by atoms with E-state index in [1.807, 2.05) is 24.6 Å². The van der Waals surface area contributed by atoms with Crippen LogP contribution in [-0.2, 0) is 18.3 Å². The van der Waals surface area contributed by atoms with E-state index in [4.69, 9.17) is 9.72 Å². The standard InChI is InChI=1S/C16H20N8O2/c1-3-24-20-15(19-21-24)18-14(25)11-4-5-13-12(10-11)17-16(22(13)2)23-6-8-26-9-7-23/h4-5,10H,3,6-9H2,1-2H3,(H,18,20,25). The zero-order valence-corrected chi connectivity index (χ0v) is 14.7. The second kappa shape index (κ2) is 6.71. The Morgan fingerprint density at radius 3 is 2.85 bits per heavy atom. The van der Waals surface area contributed by atoms with Crippen LogP contribution in [0.15, 0.2) is 18.2 Å². The Morgan fingerprint density at radius 2 is 2.12 bits per heavy atom. The summed E-state index contributed by atoms with van der Waals surface area (Å²) in [6.45, 7) is 5.50. The zero-order chi connectivity index (χ0) is 18.1. The molecule has 0 unspecified atom stereocenters. The smallest absolute Gasteiger partial charge is 0.270 e. The highest BCUT2D eigenvalue weighted by molar-refractivity contribution is 6.05. The molecule has 0 radical (unpaired) electrons. The molecule has 26 heavy (non-hydrogen) atoms. The van der Waals surface area contributed by atoms with Gasteiger partial charge in [0.1, 0.15) is 0 Å². The van der Waals surface area contributed by atoms with Crippen LogP contribution in [0, 0.1) is 0 Å². The molecule has 0 spiro atoms. The van der Waals surface area contributed by atoms with Gasteiger partial charge in [-0.25, -0.2) is 4.98 Å². The van der Waals surface area contributed by atoms with Crippen LogP contribution in [0.1, 0.15) is 17.3 Å². The lowest BCUT2D eigenvalue weighted by molar-refractivity contribution is 0.102. The van der Waals surface area contributed by atoms with Gasteiger partial charge >= 0.3 is 0 Å². The van der Waals surface area contributed by atoms with Gasteiger partial charge in [0.15, 0.2) is 0 Å². The van der Waals surface area contributed by atoms with Gasteiger partial charge in [0, 0.05) is 25.7 Å². The van der Waals surface area contributed by atoms with Crippen LogP contribution in [0.4, 0.5) is 11.9 Å². The summed E-state index contributed by atoms with van der Waals surface area (Å²) in [6, 6.07) is 5.45. The van der Waals surface area contributed by atoms with Crippen molar-refractivity contribution in [3.8, 4) is 0 Å². The van der Waals surface area contributed by atoms with Crippen molar-refractivity contribution in [1.82, 2.24) is 29.8 Å². The lowest BCUT2D eigenvalue weighted by Crippen LogP contribution is -2.37. The number of nitrogens with one attached hydrogen (secondary N) is 1. The fourth-order valence-electron chi connectivity index (χ4n) is 2.98. The highest BCUT2D eigenvalue weighted by atomic mass is 16.5. The Hall–Kier alpha value is -3.01. The van der Waals surface area contributed by atoms with Crippen LogP contribution in [0.5, 0.6) is 0 Å². The molecule has 10 nitrogen and oxygen atoms in total. The van der Waals surface area contributed by atoms with Crippen LogP contribution >= 0.6 is 0 Å². The number of amides is 1. The Kier molecular flexibility index (Phi) is 4.25. The fraction of sp³-hybridized carbons (Fsp3) is 0.438. The molecule has 3 heterocycles. The molecule has 0 aliphatic carbocycles. The van der Waals surface area contributed by atoms with Crippen LogP contribution in [-0.4, -0.2) is 62.0 Å². The Morgan fingerprint density at radius 1 is 1.31 bits per heavy atom. The molecule has 0 bridgehead atoms. The van der Waals surface area contributed by atoms with E-state index in [-0.39, 0.29) is 11.9 Å². The normalized spacial score (nSPS) is 14.8. The number of rotatable bonds is 4. The molecule has 0 atom stereocenters. The van der Waals surface area contributed by atoms with Gasteiger partial charge in [-0.1, -0.05) is 5.10 Å². The summed E-state index contributed by atoms with van der Waals surface area (Å²) < 4.78 is 7.44. The lowest BCUT2D eigenvalue weighted by Gasteiger charge is -2.27. The van der Waals surface area contributed by atoms with Gasteiger partial charge < -0.3 is 14.2 Å². The zero-order valence-electron chi connectivity index (χ0n) is 14.7. The average Bonchev–Trinajstić information content (AvgIpc) is 3.26. The highest BCUT2D eigenvalue weighted by Crippen LogP contribution is 2.23. The third kappa shape index (κ3) is 2.99. The number of hydrogen-bond donors (Lipinski definition) is 1. The van der Waals surface area contributed by atoms with Gasteiger partial charge in [-0.2, -0.15) is 4.80 Å². The summed E-state index contributed by atoms with van der Waals surface area (Å²) in [5, 5.41) is 14.3. The van der Waals surface area contributed by atoms with Gasteiger partial charge in [0.25, 0.3) is 11.9 Å². The number of morpholine rings is 1. The van der Waals surface area contributed by atoms with Gasteiger partial charge in [0.05, 0.1) is 30.8 Å². The number of carbonyl (C=O) groups is 1. The van der Waals surface area contributed by atoms with E-state index < -0.39 is 0 Å². The largest absolute Gasteiger partial charge is 0.378 e. The molecule has 1 fully saturated rings. The third-order valence-electron chi connectivity index (χ3n) is 4.37. The molecule has 1 aromatic carbocycles. The van der Waals surface area contributed by atoms with E-state index >= 15 is 0 Å². The van der Waals surface area contributed by atoms with Crippen molar-refractivity contribution in [2.24, 2.45) is 7.05 Å². The van der Waals surface area contributed by atoms with Crippen LogP contribution < -0.4 is 10.2 Å². The highest BCUT2D eigenvalue weighted by Gasteiger charge is 2.19. The second-order valence-electron chi connectivity index (χ2n) is 6.03. The first-order valence-electron chi connectivity index (χ1n) is 8.54. The lowest BCUT2D eigenvalue weighted by atomic mass is 10.2. The maximum absolute atomic E-state index is 12.5. The summed E-state index contributed by atoms with van der Waals surface area (Å²) in [5.41, 5.74) is 2.24. The Labute approximate surface area is 149 Å². The summed E-state index contributed by atoms with van der Waals surface area (Å²) in [5.74, 6) is 0.779. The molecular formula is C16H20N8O2. The van der Waals surface area contributed by atoms with E-state index in [9.17, 15) is 4.79 Å². The minimum Gasteiger partial charge on any atom is -0.378 e. The molecular weight excluding hydrogens is 336 g/mol. The van der Waals surface area contributed by atoms with E-state index in [1.54, 1.807) is 12.1 Å². The van der Waals surface area contributed by atoms with Crippen LogP contribution in [0.25, 0.3) is 11.0 Å². The number of aryl methyl sites for hydroxylation is 2. The molecule has 2 aromatic heterocycles. The van der Waals surface area contributed by atoms with Gasteiger partial charge in [-0.15, -0.1) is 5.10 Å². The second-order valence-corrected chi connectivity index (χ2v) is 6.03. The van der Waals surface area contributed by atoms with E-state index in [2.05, 4.69) is 25.6 Å². The number of tetrazole rings is 1. The predicted molar refractivity (Wildman–Crippen MR) is 95.2 cm³/mol. The number of anilines is 2. The number of nitrogens with zero attached hydrogens (tertiary/aromatic N) is 7. The van der Waals surface area contributed by atoms with Crippen molar-refractivity contribution in [3.63, 3.8) is 0 Å². The maximum Gasteiger partial charge on any atom is 0.270 e. The monoisotopic (exact) mass is 356 g/mol. The molecule has 3 aromatic rings. The molecule has 0 saturated carbocycles. The Balaban J connectivity index is 1.59. The van der Waals surface area contributed by atoms with Crippen molar-refractivity contribution in [2.45, 2.75) is 13.5 Å². The number of imidazole rings is 1. The van der Waals surface area contributed by atoms with Crippen LogP contribution in [0.2, 0.25) is 0 Å². The van der Waals surface area contributed by atoms with Gasteiger partial charge in [0.2, 0.25) is 5.95 Å². The number of benzene rings is 1. The number of hydrogen-bond acceptors (Lipinski definition) is 7. The first-order chi connectivity index (χ1) is 12.7. The summed E-state index contributed by atoms with van der Waals surface area (Å²) in [6.07, 6.45) is 0. The molecule has 10 heteroatoms. The summed E-state index contributed by atoms with van der Waals surface area (Å²) in [4.78, 5) is 20.8. The van der Waals surface area contributed by atoms with E-state index in [0.29, 0.717) is 25.3 Å². The molecule has 1 N–H and O–H groups in total. The molecule has 4 rings (SSSR count). The average molecular weight is 356 g/mol. The number of aromatic nitrogens is 6. The van der Waals surface area contributed by atoms with E-state index in [0.717, 1.165) is 30.1 Å². The molecule has 1 saturated heterocycles. The quantitative estimate of drug-likeness (QED) is 0.733. The summed E-state index contributed by atoms with van der Waals surface area (Å²) >= 11 is 0. The first-order valence-corrected chi connectivity index (χ1v) is 8.54. The Bertz CT molecular complexity index is 941. The van der Waals surface area contributed by atoms with Crippen molar-refractivity contribution in [2.75, 3.05) is 36.5 Å². The summed E-state index contributed by atoms with van der Waals surface area (Å²) in [7, 11) is 1.98. The number of carbonyl (C=O) groups excluding carboxylic acids is 1. The number of fused-ring (bicyclic) bond motifs is 1. The van der Waals surface area contributed by atoms with E-state index in [1.165, 1.54) is 4.80 Å². The maximum atomic E-state index is 12.5. The molecule has 1 aliphatic rings. The van der Waals surface area contributed by atoms with Gasteiger partial charge in [-0.05, 0) is 30.3 Å². The fourth-order valence-corrected chi connectivity index (χ4v) is 2.98. The molecule has 1 amide bonds. The molecule has 136 valence electrons. The third-order valence-corrected chi connectivity index (χ3v) is 4.37. The topological polar surface area (TPSA) is 103 Å². The number of ether oxygens (including phenoxy) is 1. The van der Waals surface area contributed by atoms with Crippen molar-refractivity contribution >= 4 is 28.8 Å². The minimum absolute atomic E-state index is 0.187.